The first-order chi connectivity index (χ1) is 8.54. The predicted molar refractivity (Wildman–Crippen MR) is 70.9 cm³/mol. The van der Waals surface area contributed by atoms with Gasteiger partial charge in [-0.05, 0) is 55.7 Å². The summed E-state index contributed by atoms with van der Waals surface area (Å²) in [5.74, 6) is 1.26. The second kappa shape index (κ2) is 5.19. The van der Waals surface area contributed by atoms with Crippen LogP contribution in [0.15, 0.2) is 36.5 Å². The van der Waals surface area contributed by atoms with E-state index in [2.05, 4.69) is 11.1 Å². The maximum Gasteiger partial charge on any atom is 0.219 e. The lowest BCUT2D eigenvalue weighted by atomic mass is 10.1. The zero-order valence-corrected chi connectivity index (χ0v) is 10.8. The topological polar surface area (TPSA) is 42.4 Å². The Labute approximate surface area is 107 Å². The molecule has 0 aliphatic carbocycles. The van der Waals surface area contributed by atoms with Crippen LogP contribution in [0, 0.1) is 13.8 Å². The van der Waals surface area contributed by atoms with Crippen LogP contribution in [0.4, 0.5) is 0 Å². The summed E-state index contributed by atoms with van der Waals surface area (Å²) >= 11 is 0. The van der Waals surface area contributed by atoms with E-state index in [0.717, 1.165) is 22.4 Å². The van der Waals surface area contributed by atoms with Crippen LogP contribution in [0.1, 0.15) is 29.7 Å². The van der Waals surface area contributed by atoms with Crippen LogP contribution in [-0.2, 0) is 0 Å². The second-order valence-electron chi connectivity index (χ2n) is 4.53. The number of rotatable bonds is 3. The molecule has 0 saturated heterocycles. The first-order valence-electron chi connectivity index (χ1n) is 5.95. The summed E-state index contributed by atoms with van der Waals surface area (Å²) in [7, 11) is 0. The van der Waals surface area contributed by atoms with Gasteiger partial charge < -0.3 is 9.84 Å². The van der Waals surface area contributed by atoms with E-state index in [1.165, 1.54) is 0 Å². The van der Waals surface area contributed by atoms with Gasteiger partial charge in [-0.25, -0.2) is 4.98 Å². The fourth-order valence-corrected chi connectivity index (χ4v) is 1.85. The van der Waals surface area contributed by atoms with Crippen molar-refractivity contribution in [1.82, 2.24) is 4.98 Å². The smallest absolute Gasteiger partial charge is 0.219 e. The van der Waals surface area contributed by atoms with Gasteiger partial charge >= 0.3 is 0 Å². The van der Waals surface area contributed by atoms with Crippen molar-refractivity contribution in [3.05, 3.63) is 53.2 Å². The Morgan fingerprint density at radius 1 is 1.11 bits per heavy atom. The zero-order valence-electron chi connectivity index (χ0n) is 10.8. The first-order valence-corrected chi connectivity index (χ1v) is 5.95. The molecule has 0 fully saturated rings. The Morgan fingerprint density at radius 2 is 1.78 bits per heavy atom. The largest absolute Gasteiger partial charge is 0.439 e. The van der Waals surface area contributed by atoms with Gasteiger partial charge in [0.15, 0.2) is 0 Å². The predicted octanol–water partition coefficient (Wildman–Crippen LogP) is 3.54. The minimum Gasteiger partial charge on any atom is -0.439 e. The van der Waals surface area contributed by atoms with E-state index in [-0.39, 0.29) is 0 Å². The molecule has 1 aromatic heterocycles. The molecule has 1 heterocycles. The summed E-state index contributed by atoms with van der Waals surface area (Å²) in [5.41, 5.74) is 3.10. The number of ether oxygens (including phenoxy) is 1. The molecule has 0 unspecified atom stereocenters. The van der Waals surface area contributed by atoms with Gasteiger partial charge in [0.25, 0.3) is 0 Å². The molecule has 3 nitrogen and oxygen atoms in total. The number of aryl methyl sites for hydroxylation is 2. The second-order valence-corrected chi connectivity index (χ2v) is 4.53. The van der Waals surface area contributed by atoms with Crippen LogP contribution in [-0.4, -0.2) is 10.1 Å². The summed E-state index contributed by atoms with van der Waals surface area (Å²) in [5, 5.41) is 9.52. The summed E-state index contributed by atoms with van der Waals surface area (Å²) < 4.78 is 5.71. The van der Waals surface area contributed by atoms with Gasteiger partial charge in [-0.3, -0.25) is 0 Å². The van der Waals surface area contributed by atoms with Crippen LogP contribution in [0.3, 0.4) is 0 Å². The van der Waals surface area contributed by atoms with Crippen molar-refractivity contribution >= 4 is 0 Å². The molecule has 0 spiro atoms. The average Bonchev–Trinajstić information content (AvgIpc) is 2.27. The number of benzene rings is 1. The molecule has 3 heteroatoms. The van der Waals surface area contributed by atoms with Crippen molar-refractivity contribution in [3.8, 4) is 11.6 Å². The third-order valence-electron chi connectivity index (χ3n) is 2.66. The molecule has 0 saturated carbocycles. The molecule has 1 atom stereocenters. The van der Waals surface area contributed by atoms with Crippen molar-refractivity contribution in [2.75, 3.05) is 0 Å². The highest BCUT2D eigenvalue weighted by Crippen LogP contribution is 2.24. The highest BCUT2D eigenvalue weighted by molar-refractivity contribution is 5.36. The molecular weight excluding hydrogens is 226 g/mol. The van der Waals surface area contributed by atoms with Gasteiger partial charge in [-0.2, -0.15) is 0 Å². The molecule has 0 amide bonds. The van der Waals surface area contributed by atoms with Crippen molar-refractivity contribution < 1.29 is 9.84 Å². The lowest BCUT2D eigenvalue weighted by molar-refractivity contribution is 0.198. The first kappa shape index (κ1) is 12.6. The maximum absolute atomic E-state index is 9.52. The molecule has 1 aromatic carbocycles. The van der Waals surface area contributed by atoms with Gasteiger partial charge in [-0.1, -0.05) is 6.07 Å². The summed E-state index contributed by atoms with van der Waals surface area (Å²) in [6.45, 7) is 5.77. The van der Waals surface area contributed by atoms with Gasteiger partial charge in [0.1, 0.15) is 5.75 Å². The normalized spacial score (nSPS) is 12.2. The van der Waals surface area contributed by atoms with E-state index in [4.69, 9.17) is 4.74 Å². The number of hydrogen-bond donors (Lipinski definition) is 1. The van der Waals surface area contributed by atoms with Gasteiger partial charge in [-0.15, -0.1) is 0 Å². The summed E-state index contributed by atoms with van der Waals surface area (Å²) in [6, 6.07) is 9.54. The van der Waals surface area contributed by atoms with Crippen molar-refractivity contribution in [2.24, 2.45) is 0 Å². The number of pyridine rings is 1. The Bertz CT molecular complexity index is 530. The number of aliphatic hydroxyl groups excluding tert-OH is 1. The SMILES string of the molecule is Cc1cc(C)cc(Oc2cc([C@@H](C)O)ccn2)c1. The molecular formula is C15H17NO2. The van der Waals surface area contributed by atoms with Gasteiger partial charge in [0.2, 0.25) is 5.88 Å². The van der Waals surface area contributed by atoms with Crippen LogP contribution in [0.2, 0.25) is 0 Å². The van der Waals surface area contributed by atoms with Crippen molar-refractivity contribution in [3.63, 3.8) is 0 Å². The summed E-state index contributed by atoms with van der Waals surface area (Å²) in [4.78, 5) is 4.14. The third kappa shape index (κ3) is 3.08. The molecule has 94 valence electrons. The molecule has 0 bridgehead atoms. The Hall–Kier alpha value is -1.87. The van der Waals surface area contributed by atoms with Gasteiger partial charge in [0.05, 0.1) is 6.10 Å². The van der Waals surface area contributed by atoms with E-state index in [1.807, 2.05) is 26.0 Å². The van der Waals surface area contributed by atoms with E-state index in [0.29, 0.717) is 5.88 Å². The lowest BCUT2D eigenvalue weighted by Gasteiger charge is -2.09. The zero-order chi connectivity index (χ0) is 13.1. The molecule has 2 rings (SSSR count). The lowest BCUT2D eigenvalue weighted by Crippen LogP contribution is -1.94. The molecule has 0 radical (unpaired) electrons. The van der Waals surface area contributed by atoms with Crippen molar-refractivity contribution in [1.29, 1.82) is 0 Å². The Balaban J connectivity index is 2.25. The van der Waals surface area contributed by atoms with Crippen LogP contribution >= 0.6 is 0 Å². The molecule has 2 aromatic rings. The van der Waals surface area contributed by atoms with E-state index in [9.17, 15) is 5.11 Å². The minimum absolute atomic E-state index is 0.499. The summed E-state index contributed by atoms with van der Waals surface area (Å²) in [6.07, 6.45) is 1.12. The van der Waals surface area contributed by atoms with Crippen LogP contribution < -0.4 is 4.74 Å². The molecule has 18 heavy (non-hydrogen) atoms. The van der Waals surface area contributed by atoms with Crippen LogP contribution in [0.25, 0.3) is 0 Å². The Kier molecular flexibility index (Phi) is 3.63. The third-order valence-corrected chi connectivity index (χ3v) is 2.66. The van der Waals surface area contributed by atoms with E-state index in [1.54, 1.807) is 25.3 Å². The standard InChI is InChI=1S/C15H17NO2/c1-10-6-11(2)8-14(7-10)18-15-9-13(12(3)17)4-5-16-15/h4-9,12,17H,1-3H3/t12-/m1/s1. The van der Waals surface area contributed by atoms with Gasteiger partial charge in [0, 0.05) is 12.3 Å². The highest BCUT2D eigenvalue weighted by Gasteiger charge is 2.05. The fourth-order valence-electron chi connectivity index (χ4n) is 1.85. The number of aromatic nitrogens is 1. The molecule has 0 aliphatic heterocycles. The van der Waals surface area contributed by atoms with E-state index >= 15 is 0 Å². The Morgan fingerprint density at radius 3 is 2.39 bits per heavy atom. The minimum atomic E-state index is -0.519. The number of aliphatic hydroxyl groups is 1. The van der Waals surface area contributed by atoms with Crippen molar-refractivity contribution in [2.45, 2.75) is 26.9 Å². The maximum atomic E-state index is 9.52. The number of hydrogen-bond acceptors (Lipinski definition) is 3. The monoisotopic (exact) mass is 243 g/mol. The molecule has 0 aliphatic rings. The van der Waals surface area contributed by atoms with E-state index < -0.39 is 6.10 Å². The average molecular weight is 243 g/mol. The van der Waals surface area contributed by atoms with Crippen LogP contribution in [0.5, 0.6) is 11.6 Å². The fraction of sp³-hybridized carbons (Fsp3) is 0.267. The highest BCUT2D eigenvalue weighted by atomic mass is 16.5. The molecule has 1 N–H and O–H groups in total. The number of nitrogens with zero attached hydrogens (tertiary/aromatic N) is 1. The quantitative estimate of drug-likeness (QED) is 0.896.